The fraction of sp³-hybridized carbons (Fsp3) is 0. The van der Waals surface area contributed by atoms with Gasteiger partial charge in [0, 0.05) is 17.9 Å². The first-order valence-corrected chi connectivity index (χ1v) is 18.1. The van der Waals surface area contributed by atoms with E-state index in [4.69, 9.17) is 0 Å². The molecule has 220 valence electrons. The molecule has 0 aliphatic carbocycles. The number of fused-ring (bicyclic) bond motifs is 3. The topological polar surface area (TPSA) is 0 Å². The van der Waals surface area contributed by atoms with E-state index in [2.05, 4.69) is 209 Å². The Balaban J connectivity index is 1.74. The quantitative estimate of drug-likeness (QED) is 0.155. The van der Waals surface area contributed by atoms with Crippen LogP contribution in [0, 0.1) is 0 Å². The lowest BCUT2D eigenvalue weighted by Gasteiger charge is -2.25. The fourth-order valence-corrected chi connectivity index (χ4v) is 7.85. The van der Waals surface area contributed by atoms with Crippen molar-refractivity contribution in [3.05, 3.63) is 163 Å². The molecule has 8 aromatic carbocycles. The monoisotopic (exact) mass is 844 g/mol. The summed E-state index contributed by atoms with van der Waals surface area (Å²) in [7, 11) is 0. The fourth-order valence-electron chi connectivity index (χ4n) is 6.79. The standard InChI is InChI=1S/C42H24Br4/c43-29-17-9-25(10-18-29)37-33-5-1-2-6-34(33)38(26-11-19-30(44)20-12-26)42-40(28-15-23-32(46)24-16-28)36-8-4-3-7-35(36)39(41(37)42)27-13-21-31(45)22-14-27/h1-24H. The van der Waals surface area contributed by atoms with Gasteiger partial charge in [0.05, 0.1) is 0 Å². The summed E-state index contributed by atoms with van der Waals surface area (Å²) < 4.78 is 4.24. The van der Waals surface area contributed by atoms with Crippen LogP contribution in [0.4, 0.5) is 0 Å². The number of rotatable bonds is 4. The lowest BCUT2D eigenvalue weighted by atomic mass is 9.77. The van der Waals surface area contributed by atoms with Gasteiger partial charge in [0.15, 0.2) is 0 Å². The summed E-state index contributed by atoms with van der Waals surface area (Å²) >= 11 is 14.8. The van der Waals surface area contributed by atoms with Gasteiger partial charge in [-0.3, -0.25) is 0 Å². The van der Waals surface area contributed by atoms with Gasteiger partial charge in [-0.2, -0.15) is 0 Å². The Labute approximate surface area is 301 Å². The molecule has 0 aliphatic heterocycles. The third-order valence-electron chi connectivity index (χ3n) is 8.71. The second kappa shape index (κ2) is 12.2. The highest BCUT2D eigenvalue weighted by molar-refractivity contribution is 9.11. The molecule has 0 aromatic heterocycles. The van der Waals surface area contributed by atoms with Crippen LogP contribution < -0.4 is 0 Å². The summed E-state index contributed by atoms with van der Waals surface area (Å²) in [6.07, 6.45) is 0. The molecule has 0 heterocycles. The van der Waals surface area contributed by atoms with E-state index in [9.17, 15) is 0 Å². The normalized spacial score (nSPS) is 11.5. The number of halogens is 4. The van der Waals surface area contributed by atoms with Crippen LogP contribution in [0.3, 0.4) is 0 Å². The molecular formula is C42H24Br4. The van der Waals surface area contributed by atoms with Crippen LogP contribution in [0.5, 0.6) is 0 Å². The van der Waals surface area contributed by atoms with Gasteiger partial charge in [0.1, 0.15) is 0 Å². The Bertz CT molecular complexity index is 2070. The van der Waals surface area contributed by atoms with Crippen molar-refractivity contribution < 1.29 is 0 Å². The van der Waals surface area contributed by atoms with Crippen LogP contribution in [0.25, 0.3) is 76.8 Å². The molecule has 0 aliphatic rings. The molecule has 0 nitrogen and oxygen atoms in total. The highest BCUT2D eigenvalue weighted by Crippen LogP contribution is 2.53. The van der Waals surface area contributed by atoms with E-state index in [0.29, 0.717) is 0 Å². The molecule has 0 unspecified atom stereocenters. The van der Waals surface area contributed by atoms with Crippen molar-refractivity contribution in [1.82, 2.24) is 0 Å². The van der Waals surface area contributed by atoms with Crippen molar-refractivity contribution in [2.45, 2.75) is 0 Å². The molecule has 0 atom stereocenters. The average Bonchev–Trinajstić information content (AvgIpc) is 3.08. The van der Waals surface area contributed by atoms with Crippen molar-refractivity contribution in [2.75, 3.05) is 0 Å². The van der Waals surface area contributed by atoms with E-state index in [-0.39, 0.29) is 0 Å². The van der Waals surface area contributed by atoms with Gasteiger partial charge < -0.3 is 0 Å². The van der Waals surface area contributed by atoms with Gasteiger partial charge in [0.25, 0.3) is 0 Å². The second-order valence-corrected chi connectivity index (χ2v) is 15.0. The maximum Gasteiger partial charge on any atom is 0.0175 e. The molecule has 4 heteroatoms. The third-order valence-corrected chi connectivity index (χ3v) is 10.8. The summed E-state index contributed by atoms with van der Waals surface area (Å²) in [6, 6.07) is 52.9. The maximum absolute atomic E-state index is 3.69. The first-order valence-electron chi connectivity index (χ1n) is 14.9. The number of benzene rings is 8. The Kier molecular flexibility index (Phi) is 7.94. The molecule has 0 saturated heterocycles. The van der Waals surface area contributed by atoms with Crippen molar-refractivity contribution >= 4 is 96.0 Å². The number of hydrogen-bond donors (Lipinski definition) is 0. The third kappa shape index (κ3) is 5.16. The summed E-state index contributed by atoms with van der Waals surface area (Å²) in [6.45, 7) is 0. The van der Waals surface area contributed by atoms with E-state index in [0.717, 1.165) is 17.9 Å². The first-order chi connectivity index (χ1) is 22.5. The van der Waals surface area contributed by atoms with E-state index in [1.165, 1.54) is 76.8 Å². The lowest BCUT2D eigenvalue weighted by molar-refractivity contribution is 1.60. The van der Waals surface area contributed by atoms with Crippen LogP contribution in [0.15, 0.2) is 163 Å². The first kappa shape index (κ1) is 29.8. The zero-order valence-corrected chi connectivity index (χ0v) is 30.7. The molecular weight excluding hydrogens is 824 g/mol. The van der Waals surface area contributed by atoms with Gasteiger partial charge in [-0.25, -0.2) is 0 Å². The average molecular weight is 848 g/mol. The zero-order chi connectivity index (χ0) is 31.4. The SMILES string of the molecule is Brc1ccc(-c2c3ccccc3c(-c3ccc(Br)cc3)c3c(-c4ccc(Br)cc4)c4ccccc4c(-c4ccc(Br)cc4)c23)cc1. The van der Waals surface area contributed by atoms with E-state index < -0.39 is 0 Å². The van der Waals surface area contributed by atoms with Crippen LogP contribution >= 0.6 is 63.7 Å². The van der Waals surface area contributed by atoms with E-state index in [1.807, 2.05) is 0 Å². The van der Waals surface area contributed by atoms with Gasteiger partial charge >= 0.3 is 0 Å². The van der Waals surface area contributed by atoms with Gasteiger partial charge in [-0.1, -0.05) is 161 Å². The Morgan fingerprint density at radius 1 is 0.239 bits per heavy atom. The number of hydrogen-bond acceptors (Lipinski definition) is 0. The molecule has 0 radical (unpaired) electrons. The maximum atomic E-state index is 3.69. The van der Waals surface area contributed by atoms with Crippen molar-refractivity contribution in [3.63, 3.8) is 0 Å². The molecule has 0 bridgehead atoms. The Morgan fingerprint density at radius 2 is 0.435 bits per heavy atom. The molecule has 0 spiro atoms. The van der Waals surface area contributed by atoms with E-state index in [1.54, 1.807) is 0 Å². The molecule has 8 aromatic rings. The zero-order valence-electron chi connectivity index (χ0n) is 24.4. The lowest BCUT2D eigenvalue weighted by Crippen LogP contribution is -1.97. The molecule has 8 rings (SSSR count). The van der Waals surface area contributed by atoms with Crippen molar-refractivity contribution in [3.8, 4) is 44.5 Å². The minimum absolute atomic E-state index is 1.06. The van der Waals surface area contributed by atoms with Crippen molar-refractivity contribution in [2.24, 2.45) is 0 Å². The van der Waals surface area contributed by atoms with Crippen LogP contribution in [0.1, 0.15) is 0 Å². The minimum Gasteiger partial charge on any atom is -0.0616 e. The Hall–Kier alpha value is -3.54. The van der Waals surface area contributed by atoms with Crippen LogP contribution in [-0.2, 0) is 0 Å². The van der Waals surface area contributed by atoms with Gasteiger partial charge in [-0.05, 0) is 125 Å². The van der Waals surface area contributed by atoms with Gasteiger partial charge in [0.2, 0.25) is 0 Å². The van der Waals surface area contributed by atoms with E-state index >= 15 is 0 Å². The predicted molar refractivity (Wildman–Crippen MR) is 212 cm³/mol. The van der Waals surface area contributed by atoms with Crippen molar-refractivity contribution in [1.29, 1.82) is 0 Å². The summed E-state index contributed by atoms with van der Waals surface area (Å²) in [5, 5.41) is 7.41. The van der Waals surface area contributed by atoms with Gasteiger partial charge in [-0.15, -0.1) is 0 Å². The largest absolute Gasteiger partial charge is 0.0616 e. The predicted octanol–water partition coefficient (Wildman–Crippen LogP) is 14.9. The molecule has 0 fully saturated rings. The minimum atomic E-state index is 1.06. The highest BCUT2D eigenvalue weighted by atomic mass is 79.9. The van der Waals surface area contributed by atoms with Crippen LogP contribution in [-0.4, -0.2) is 0 Å². The molecule has 0 saturated carbocycles. The summed E-state index contributed by atoms with van der Waals surface area (Å²) in [4.78, 5) is 0. The highest BCUT2D eigenvalue weighted by Gasteiger charge is 2.25. The Morgan fingerprint density at radius 3 is 0.630 bits per heavy atom. The summed E-state index contributed by atoms with van der Waals surface area (Å²) in [5.41, 5.74) is 9.68. The summed E-state index contributed by atoms with van der Waals surface area (Å²) in [5.74, 6) is 0. The second-order valence-electron chi connectivity index (χ2n) is 11.4. The van der Waals surface area contributed by atoms with Crippen LogP contribution in [0.2, 0.25) is 0 Å². The smallest absolute Gasteiger partial charge is 0.0175 e. The molecule has 0 N–H and O–H groups in total. The molecule has 0 amide bonds. The molecule has 46 heavy (non-hydrogen) atoms.